The van der Waals surface area contributed by atoms with Gasteiger partial charge in [0, 0.05) is 10.9 Å². The van der Waals surface area contributed by atoms with Gasteiger partial charge in [-0.15, -0.1) is 5.10 Å². The number of H-pyrrole nitrogens is 1. The molecule has 0 saturated heterocycles. The average Bonchev–Trinajstić information content (AvgIpc) is 3.22. The van der Waals surface area contributed by atoms with Crippen LogP contribution in [0.2, 0.25) is 5.02 Å². The standard InChI is InChI=1S/C15H13ClN4O2/c1-22-15-11(7-17)13(19-20-15)18-14(21)10-6-9(10)8-4-2-3-5-12(8)16/h2-5,9-10H,6H2,1H3,(H2,18,19,20,21)/t9-,10+/m0/s1. The molecule has 0 bridgehead atoms. The van der Waals surface area contributed by atoms with Crippen LogP contribution < -0.4 is 10.1 Å². The van der Waals surface area contributed by atoms with Gasteiger partial charge in [0.25, 0.3) is 5.88 Å². The van der Waals surface area contributed by atoms with Gasteiger partial charge in [0.05, 0.1) is 7.11 Å². The molecule has 2 N–H and O–H groups in total. The van der Waals surface area contributed by atoms with Gasteiger partial charge in [0.2, 0.25) is 5.91 Å². The molecule has 6 nitrogen and oxygen atoms in total. The zero-order chi connectivity index (χ0) is 15.7. The van der Waals surface area contributed by atoms with Crippen molar-refractivity contribution in [1.29, 1.82) is 5.26 Å². The van der Waals surface area contributed by atoms with Crippen LogP contribution >= 0.6 is 11.6 Å². The zero-order valence-corrected chi connectivity index (χ0v) is 12.5. The van der Waals surface area contributed by atoms with Crippen molar-refractivity contribution < 1.29 is 9.53 Å². The Bertz CT molecular complexity index is 765. The Balaban J connectivity index is 1.71. The molecule has 22 heavy (non-hydrogen) atoms. The predicted molar refractivity (Wildman–Crippen MR) is 80.8 cm³/mol. The number of benzene rings is 1. The summed E-state index contributed by atoms with van der Waals surface area (Å²) in [7, 11) is 1.41. The number of carbonyl (C=O) groups excluding carboxylic acids is 1. The van der Waals surface area contributed by atoms with E-state index in [1.807, 2.05) is 30.3 Å². The van der Waals surface area contributed by atoms with E-state index >= 15 is 0 Å². The van der Waals surface area contributed by atoms with E-state index in [0.717, 1.165) is 12.0 Å². The molecule has 0 aliphatic heterocycles. The van der Waals surface area contributed by atoms with Crippen molar-refractivity contribution in [3.8, 4) is 11.9 Å². The second kappa shape index (κ2) is 5.70. The van der Waals surface area contributed by atoms with Gasteiger partial charge in [-0.2, -0.15) is 5.26 Å². The number of ether oxygens (including phenoxy) is 1. The van der Waals surface area contributed by atoms with Crippen molar-refractivity contribution >= 4 is 23.3 Å². The third-order valence-corrected chi connectivity index (χ3v) is 4.06. The second-order valence-electron chi connectivity index (χ2n) is 5.05. The number of rotatable bonds is 4. The Labute approximate surface area is 132 Å². The molecule has 1 aliphatic carbocycles. The highest BCUT2D eigenvalue weighted by Crippen LogP contribution is 2.50. The molecule has 1 fully saturated rings. The van der Waals surface area contributed by atoms with Crippen LogP contribution in [0.5, 0.6) is 5.88 Å². The Hall–Kier alpha value is -2.52. The van der Waals surface area contributed by atoms with Gasteiger partial charge in [0.15, 0.2) is 5.56 Å². The first kappa shape index (κ1) is 14.4. The summed E-state index contributed by atoms with van der Waals surface area (Å²) in [4.78, 5) is 12.3. The van der Waals surface area contributed by atoms with Crippen LogP contribution in [0.25, 0.3) is 0 Å². The van der Waals surface area contributed by atoms with E-state index in [2.05, 4.69) is 15.5 Å². The molecular formula is C15H13ClN4O2. The van der Waals surface area contributed by atoms with Gasteiger partial charge in [0.1, 0.15) is 11.9 Å². The van der Waals surface area contributed by atoms with E-state index in [4.69, 9.17) is 21.6 Å². The molecule has 0 spiro atoms. The number of hydrogen-bond donors (Lipinski definition) is 2. The first-order valence-electron chi connectivity index (χ1n) is 6.73. The first-order valence-corrected chi connectivity index (χ1v) is 7.11. The van der Waals surface area contributed by atoms with Crippen molar-refractivity contribution in [2.45, 2.75) is 12.3 Å². The third kappa shape index (κ3) is 2.51. The molecule has 0 radical (unpaired) electrons. The third-order valence-electron chi connectivity index (χ3n) is 3.72. The van der Waals surface area contributed by atoms with Gasteiger partial charge in [-0.1, -0.05) is 29.8 Å². The van der Waals surface area contributed by atoms with Crippen molar-refractivity contribution in [3.63, 3.8) is 0 Å². The van der Waals surface area contributed by atoms with Crippen LogP contribution in [-0.2, 0) is 4.79 Å². The Morgan fingerprint density at radius 1 is 1.55 bits per heavy atom. The number of aromatic amines is 1. The highest BCUT2D eigenvalue weighted by molar-refractivity contribution is 6.31. The largest absolute Gasteiger partial charge is 0.479 e. The maximum absolute atomic E-state index is 12.3. The summed E-state index contributed by atoms with van der Waals surface area (Å²) < 4.78 is 4.95. The number of nitrogens with one attached hydrogen (secondary N) is 2. The summed E-state index contributed by atoms with van der Waals surface area (Å²) >= 11 is 6.15. The van der Waals surface area contributed by atoms with Crippen LogP contribution in [0.15, 0.2) is 24.3 Å². The molecule has 3 rings (SSSR count). The maximum atomic E-state index is 12.3. The molecule has 7 heteroatoms. The lowest BCUT2D eigenvalue weighted by Crippen LogP contribution is -2.15. The number of methoxy groups -OCH3 is 1. The van der Waals surface area contributed by atoms with Crippen molar-refractivity contribution in [1.82, 2.24) is 10.2 Å². The van der Waals surface area contributed by atoms with E-state index in [9.17, 15) is 4.79 Å². The monoisotopic (exact) mass is 316 g/mol. The van der Waals surface area contributed by atoms with Crippen molar-refractivity contribution in [3.05, 3.63) is 40.4 Å². The minimum Gasteiger partial charge on any atom is -0.479 e. The number of aromatic nitrogens is 2. The van der Waals surface area contributed by atoms with Gasteiger partial charge < -0.3 is 10.1 Å². The fourth-order valence-electron chi connectivity index (χ4n) is 2.49. The van der Waals surface area contributed by atoms with E-state index in [-0.39, 0.29) is 35.0 Å². The minimum atomic E-state index is -0.160. The topological polar surface area (TPSA) is 90.8 Å². The second-order valence-corrected chi connectivity index (χ2v) is 5.46. The molecule has 0 unspecified atom stereocenters. The quantitative estimate of drug-likeness (QED) is 0.907. The Morgan fingerprint density at radius 2 is 2.32 bits per heavy atom. The number of anilines is 1. The summed E-state index contributed by atoms with van der Waals surface area (Å²) in [5, 5.41) is 18.9. The highest BCUT2D eigenvalue weighted by atomic mass is 35.5. The number of nitriles is 1. The highest BCUT2D eigenvalue weighted by Gasteiger charge is 2.45. The SMILES string of the molecule is COc1n[nH]c(NC(=O)[C@@H]2C[C@H]2c2ccccc2Cl)c1C#N. The van der Waals surface area contributed by atoms with Crippen molar-refractivity contribution in [2.24, 2.45) is 5.92 Å². The molecule has 1 aromatic carbocycles. The molecule has 112 valence electrons. The normalized spacial score (nSPS) is 19.3. The van der Waals surface area contributed by atoms with Crippen LogP contribution in [0.1, 0.15) is 23.5 Å². The number of amides is 1. The van der Waals surface area contributed by atoms with E-state index in [1.165, 1.54) is 7.11 Å². The van der Waals surface area contributed by atoms with Crippen molar-refractivity contribution in [2.75, 3.05) is 12.4 Å². The zero-order valence-electron chi connectivity index (χ0n) is 11.8. The summed E-state index contributed by atoms with van der Waals surface area (Å²) in [6.07, 6.45) is 0.739. The summed E-state index contributed by atoms with van der Waals surface area (Å²) in [6, 6.07) is 9.47. The minimum absolute atomic E-state index is 0.115. The van der Waals surface area contributed by atoms with E-state index in [1.54, 1.807) is 0 Å². The van der Waals surface area contributed by atoms with Gasteiger partial charge >= 0.3 is 0 Å². The molecule has 1 aromatic heterocycles. The first-order chi connectivity index (χ1) is 10.7. The Kier molecular flexibility index (Phi) is 3.73. The lowest BCUT2D eigenvalue weighted by atomic mass is 10.1. The fourth-order valence-corrected chi connectivity index (χ4v) is 2.76. The fraction of sp³-hybridized carbons (Fsp3) is 0.267. The number of carbonyl (C=O) groups is 1. The molecule has 1 amide bonds. The van der Waals surface area contributed by atoms with Crippen LogP contribution in [0.4, 0.5) is 5.82 Å². The molecular weight excluding hydrogens is 304 g/mol. The van der Waals surface area contributed by atoms with Gasteiger partial charge in [-0.3, -0.25) is 9.89 Å². The number of hydrogen-bond acceptors (Lipinski definition) is 4. The number of nitrogens with zero attached hydrogens (tertiary/aromatic N) is 2. The molecule has 2 atom stereocenters. The predicted octanol–water partition coefficient (Wildman–Crippen LogP) is 2.69. The smallest absolute Gasteiger partial charge is 0.252 e. The lowest BCUT2D eigenvalue weighted by Gasteiger charge is -2.04. The average molecular weight is 317 g/mol. The summed E-state index contributed by atoms with van der Waals surface area (Å²) in [6.45, 7) is 0. The Morgan fingerprint density at radius 3 is 3.00 bits per heavy atom. The van der Waals surface area contributed by atoms with Crippen LogP contribution in [-0.4, -0.2) is 23.2 Å². The molecule has 1 saturated carbocycles. The molecule has 1 heterocycles. The maximum Gasteiger partial charge on any atom is 0.252 e. The van der Waals surface area contributed by atoms with Gasteiger partial charge in [-0.25, -0.2) is 0 Å². The number of halogens is 1. The molecule has 2 aromatic rings. The summed E-state index contributed by atoms with van der Waals surface area (Å²) in [5.41, 5.74) is 1.16. The van der Waals surface area contributed by atoms with E-state index in [0.29, 0.717) is 5.02 Å². The molecule has 1 aliphatic rings. The lowest BCUT2D eigenvalue weighted by molar-refractivity contribution is -0.117. The van der Waals surface area contributed by atoms with Gasteiger partial charge in [-0.05, 0) is 24.0 Å². The summed E-state index contributed by atoms with van der Waals surface area (Å²) in [5.74, 6) is 0.225. The van der Waals surface area contributed by atoms with Crippen LogP contribution in [0, 0.1) is 17.2 Å². The van der Waals surface area contributed by atoms with E-state index < -0.39 is 0 Å². The van der Waals surface area contributed by atoms with Crippen LogP contribution in [0.3, 0.4) is 0 Å².